The predicted molar refractivity (Wildman–Crippen MR) is 177 cm³/mol. The van der Waals surface area contributed by atoms with Crippen LogP contribution in [0.1, 0.15) is 29.2 Å². The van der Waals surface area contributed by atoms with Gasteiger partial charge in [0.1, 0.15) is 12.6 Å². The van der Waals surface area contributed by atoms with Gasteiger partial charge in [-0.2, -0.15) is 0 Å². The molecule has 0 aliphatic carbocycles. The minimum atomic E-state index is -4.29. The van der Waals surface area contributed by atoms with Gasteiger partial charge in [-0.15, -0.1) is 0 Å². The summed E-state index contributed by atoms with van der Waals surface area (Å²) in [7, 11) is -4.29. The Bertz CT molecular complexity index is 1700. The molecular formula is C34H35Cl2N3O4S. The Kier molecular flexibility index (Phi) is 11.1. The van der Waals surface area contributed by atoms with Crippen molar-refractivity contribution in [1.82, 2.24) is 10.2 Å². The van der Waals surface area contributed by atoms with E-state index < -0.39 is 28.5 Å². The molecule has 10 heteroatoms. The number of nitrogens with one attached hydrogen (secondary N) is 1. The number of hydrogen-bond donors (Lipinski definition) is 1. The van der Waals surface area contributed by atoms with Gasteiger partial charge in [-0.3, -0.25) is 13.9 Å². The molecule has 0 aliphatic heterocycles. The Balaban J connectivity index is 1.82. The highest BCUT2D eigenvalue weighted by molar-refractivity contribution is 7.92. The molecule has 1 N–H and O–H groups in total. The third kappa shape index (κ3) is 8.20. The lowest BCUT2D eigenvalue weighted by molar-refractivity contribution is -0.140. The Morgan fingerprint density at radius 1 is 0.818 bits per heavy atom. The molecule has 0 spiro atoms. The van der Waals surface area contributed by atoms with Gasteiger partial charge in [0.15, 0.2) is 0 Å². The van der Waals surface area contributed by atoms with Gasteiger partial charge in [-0.25, -0.2) is 8.42 Å². The van der Waals surface area contributed by atoms with E-state index in [1.165, 1.54) is 29.2 Å². The van der Waals surface area contributed by atoms with E-state index in [4.69, 9.17) is 23.2 Å². The van der Waals surface area contributed by atoms with E-state index in [1.54, 1.807) is 25.1 Å². The summed E-state index contributed by atoms with van der Waals surface area (Å²) in [6, 6.07) is 26.9. The fourth-order valence-electron chi connectivity index (χ4n) is 4.76. The van der Waals surface area contributed by atoms with E-state index in [0.717, 1.165) is 26.6 Å². The number of likely N-dealkylation sites (N-methyl/N-ethyl adjacent to an activating group) is 1. The highest BCUT2D eigenvalue weighted by atomic mass is 35.5. The van der Waals surface area contributed by atoms with Crippen molar-refractivity contribution in [3.05, 3.63) is 129 Å². The summed E-state index contributed by atoms with van der Waals surface area (Å²) in [6.45, 7) is 5.44. The summed E-state index contributed by atoms with van der Waals surface area (Å²) in [5, 5.41) is 3.21. The van der Waals surface area contributed by atoms with Crippen LogP contribution in [0.4, 0.5) is 5.69 Å². The van der Waals surface area contributed by atoms with Crippen molar-refractivity contribution < 1.29 is 18.0 Å². The second-order valence-electron chi connectivity index (χ2n) is 10.5. The van der Waals surface area contributed by atoms with Crippen molar-refractivity contribution in [3.63, 3.8) is 0 Å². The monoisotopic (exact) mass is 651 g/mol. The lowest BCUT2D eigenvalue weighted by Crippen LogP contribution is -2.53. The lowest BCUT2D eigenvalue weighted by Gasteiger charge is -2.34. The van der Waals surface area contributed by atoms with E-state index in [9.17, 15) is 18.0 Å². The smallest absolute Gasteiger partial charge is 0.264 e. The van der Waals surface area contributed by atoms with Gasteiger partial charge < -0.3 is 10.2 Å². The Hall–Kier alpha value is -3.85. The predicted octanol–water partition coefficient (Wildman–Crippen LogP) is 6.58. The zero-order chi connectivity index (χ0) is 31.9. The summed E-state index contributed by atoms with van der Waals surface area (Å²) in [6.07, 6.45) is 0.229. The van der Waals surface area contributed by atoms with Gasteiger partial charge >= 0.3 is 0 Å². The molecule has 0 heterocycles. The second-order valence-corrected chi connectivity index (χ2v) is 13.2. The molecule has 230 valence electrons. The molecule has 2 amide bonds. The normalized spacial score (nSPS) is 11.9. The third-order valence-corrected chi connectivity index (χ3v) is 9.49. The first kappa shape index (κ1) is 33.1. The first-order chi connectivity index (χ1) is 21.0. The molecule has 1 atom stereocenters. The second kappa shape index (κ2) is 14.8. The first-order valence-electron chi connectivity index (χ1n) is 14.2. The number of amides is 2. The molecule has 0 saturated heterocycles. The van der Waals surface area contributed by atoms with Crippen LogP contribution >= 0.6 is 23.2 Å². The molecule has 7 nitrogen and oxygen atoms in total. The number of carbonyl (C=O) groups is 2. The van der Waals surface area contributed by atoms with Crippen LogP contribution in [0.5, 0.6) is 0 Å². The average molecular weight is 653 g/mol. The summed E-state index contributed by atoms with van der Waals surface area (Å²) in [4.78, 5) is 29.4. The van der Waals surface area contributed by atoms with Gasteiger partial charge in [0.25, 0.3) is 10.0 Å². The molecule has 0 bridgehead atoms. The van der Waals surface area contributed by atoms with E-state index in [-0.39, 0.29) is 39.5 Å². The van der Waals surface area contributed by atoms with E-state index in [1.807, 2.05) is 68.4 Å². The van der Waals surface area contributed by atoms with Crippen molar-refractivity contribution in [1.29, 1.82) is 0 Å². The van der Waals surface area contributed by atoms with Crippen LogP contribution < -0.4 is 9.62 Å². The zero-order valence-corrected chi connectivity index (χ0v) is 27.2. The molecule has 0 aliphatic rings. The Morgan fingerprint density at radius 3 is 2.05 bits per heavy atom. The number of rotatable bonds is 12. The number of carbonyl (C=O) groups excluding carboxylic acids is 2. The summed E-state index contributed by atoms with van der Waals surface area (Å²) in [5.74, 6) is -0.921. The molecule has 0 unspecified atom stereocenters. The van der Waals surface area contributed by atoms with Gasteiger partial charge in [-0.05, 0) is 62.2 Å². The highest BCUT2D eigenvalue weighted by Gasteiger charge is 2.35. The molecule has 0 radical (unpaired) electrons. The van der Waals surface area contributed by atoms with Crippen LogP contribution in [-0.4, -0.2) is 44.3 Å². The van der Waals surface area contributed by atoms with Crippen molar-refractivity contribution in [2.24, 2.45) is 0 Å². The minimum Gasteiger partial charge on any atom is -0.355 e. The van der Waals surface area contributed by atoms with Crippen LogP contribution in [-0.2, 0) is 32.6 Å². The standard InChI is InChI=1S/C34H35Cl2N3O4S/c1-4-37-34(41)32(20-26-8-6-5-7-9-26)38(22-27-14-10-24(2)11-15-27)33(40)23-39(31-21-28(35)16-19-30(31)36)44(42,43)29-17-12-25(3)13-18-29/h5-19,21,32H,4,20,22-23H2,1-3H3,(H,37,41)/t32-/m1/s1. The van der Waals surface area contributed by atoms with E-state index in [0.29, 0.717) is 6.54 Å². The van der Waals surface area contributed by atoms with Gasteiger partial charge in [0.05, 0.1) is 15.6 Å². The number of hydrogen-bond acceptors (Lipinski definition) is 4. The maximum atomic E-state index is 14.4. The van der Waals surface area contributed by atoms with Crippen LogP contribution in [0.25, 0.3) is 0 Å². The number of anilines is 1. The number of benzene rings is 4. The maximum Gasteiger partial charge on any atom is 0.264 e. The van der Waals surface area contributed by atoms with Crippen LogP contribution in [0, 0.1) is 13.8 Å². The van der Waals surface area contributed by atoms with Crippen LogP contribution in [0.2, 0.25) is 10.0 Å². The van der Waals surface area contributed by atoms with Crippen LogP contribution in [0.15, 0.2) is 102 Å². The molecular weight excluding hydrogens is 617 g/mol. The molecule has 4 rings (SSSR count). The SMILES string of the molecule is CCNC(=O)[C@@H](Cc1ccccc1)N(Cc1ccc(C)cc1)C(=O)CN(c1cc(Cl)ccc1Cl)S(=O)(=O)c1ccc(C)cc1. The minimum absolute atomic E-state index is 0.0124. The molecule has 44 heavy (non-hydrogen) atoms. The largest absolute Gasteiger partial charge is 0.355 e. The van der Waals surface area contributed by atoms with Crippen molar-refractivity contribution in [3.8, 4) is 0 Å². The Morgan fingerprint density at radius 2 is 1.43 bits per heavy atom. The molecule has 4 aromatic rings. The zero-order valence-electron chi connectivity index (χ0n) is 24.8. The number of sulfonamides is 1. The highest BCUT2D eigenvalue weighted by Crippen LogP contribution is 2.33. The summed E-state index contributed by atoms with van der Waals surface area (Å²) >= 11 is 12.8. The Labute approximate surface area is 269 Å². The van der Waals surface area contributed by atoms with Gasteiger partial charge in [0, 0.05) is 24.5 Å². The lowest BCUT2D eigenvalue weighted by atomic mass is 10.0. The van der Waals surface area contributed by atoms with Crippen LogP contribution in [0.3, 0.4) is 0 Å². The average Bonchev–Trinajstić information content (AvgIpc) is 3.00. The first-order valence-corrected chi connectivity index (χ1v) is 16.4. The summed E-state index contributed by atoms with van der Waals surface area (Å²) in [5.41, 5.74) is 3.62. The number of nitrogens with zero attached hydrogens (tertiary/aromatic N) is 2. The maximum absolute atomic E-state index is 14.4. The number of halogens is 2. The van der Waals surface area contributed by atoms with Crippen molar-refractivity contribution >= 4 is 50.7 Å². The summed E-state index contributed by atoms with van der Waals surface area (Å²) < 4.78 is 29.2. The fraction of sp³-hybridized carbons (Fsp3) is 0.235. The molecule has 0 saturated carbocycles. The quantitative estimate of drug-likeness (QED) is 0.187. The van der Waals surface area contributed by atoms with Crippen molar-refractivity contribution in [2.75, 3.05) is 17.4 Å². The molecule has 0 aromatic heterocycles. The van der Waals surface area contributed by atoms with E-state index in [2.05, 4.69) is 5.32 Å². The van der Waals surface area contributed by atoms with Gasteiger partial charge in [0.2, 0.25) is 11.8 Å². The molecule has 0 fully saturated rings. The van der Waals surface area contributed by atoms with E-state index >= 15 is 0 Å². The third-order valence-electron chi connectivity index (χ3n) is 7.16. The van der Waals surface area contributed by atoms with Gasteiger partial charge in [-0.1, -0.05) is 101 Å². The molecule has 4 aromatic carbocycles. The fourth-order valence-corrected chi connectivity index (χ4v) is 6.62. The van der Waals surface area contributed by atoms with Crippen molar-refractivity contribution in [2.45, 2.75) is 44.7 Å². The number of aryl methyl sites for hydroxylation is 2. The topological polar surface area (TPSA) is 86.8 Å².